The van der Waals surface area contributed by atoms with Gasteiger partial charge < -0.3 is 18.5 Å². The summed E-state index contributed by atoms with van der Waals surface area (Å²) >= 11 is 0. The van der Waals surface area contributed by atoms with Crippen LogP contribution in [-0.2, 0) is 16.0 Å². The second-order valence-corrected chi connectivity index (χ2v) is 5.14. The van der Waals surface area contributed by atoms with Gasteiger partial charge in [0.1, 0.15) is 11.5 Å². The first kappa shape index (κ1) is 14.9. The van der Waals surface area contributed by atoms with Crippen molar-refractivity contribution in [2.75, 3.05) is 14.2 Å². The van der Waals surface area contributed by atoms with Gasteiger partial charge in [0.05, 0.1) is 6.54 Å². The maximum Gasteiger partial charge on any atom is 0.174 e. The van der Waals surface area contributed by atoms with Crippen molar-refractivity contribution in [2.24, 2.45) is 0 Å². The minimum atomic E-state index is -0.227. The molecule has 2 rings (SSSR count). The number of ether oxygens (including phenoxy) is 2. The van der Waals surface area contributed by atoms with Gasteiger partial charge in [0.2, 0.25) is 0 Å². The van der Waals surface area contributed by atoms with Crippen LogP contribution < -0.4 is 0 Å². The summed E-state index contributed by atoms with van der Waals surface area (Å²) in [6.45, 7) is 6.89. The van der Waals surface area contributed by atoms with Gasteiger partial charge in [0, 0.05) is 32.0 Å². The molecule has 0 aliphatic heterocycles. The highest BCUT2D eigenvalue weighted by molar-refractivity contribution is 5.28. The van der Waals surface area contributed by atoms with Gasteiger partial charge in [0.15, 0.2) is 6.29 Å². The fourth-order valence-corrected chi connectivity index (χ4v) is 2.33. The van der Waals surface area contributed by atoms with E-state index in [9.17, 15) is 0 Å². The minimum Gasteiger partial charge on any atom is -0.466 e. The van der Waals surface area contributed by atoms with Gasteiger partial charge in [-0.25, -0.2) is 0 Å². The molecule has 1 atom stereocenters. The third kappa shape index (κ3) is 3.14. The molecule has 0 aromatic carbocycles. The Hall–Kier alpha value is -1.52. The van der Waals surface area contributed by atoms with Crippen LogP contribution in [-0.4, -0.2) is 25.1 Å². The lowest BCUT2D eigenvalue weighted by Gasteiger charge is -2.15. The molecule has 0 spiro atoms. The molecule has 2 heterocycles. The van der Waals surface area contributed by atoms with E-state index < -0.39 is 0 Å². The van der Waals surface area contributed by atoms with E-state index in [0.29, 0.717) is 6.54 Å². The predicted octanol–water partition coefficient (Wildman–Crippen LogP) is 3.47. The van der Waals surface area contributed by atoms with Crippen molar-refractivity contribution in [3.63, 3.8) is 0 Å². The van der Waals surface area contributed by atoms with Crippen LogP contribution in [0.15, 0.2) is 28.8 Å². The van der Waals surface area contributed by atoms with Crippen molar-refractivity contribution < 1.29 is 13.9 Å². The van der Waals surface area contributed by atoms with Gasteiger partial charge in [-0.2, -0.15) is 0 Å². The van der Waals surface area contributed by atoms with Crippen molar-refractivity contribution in [1.29, 1.82) is 0 Å². The van der Waals surface area contributed by atoms with E-state index in [2.05, 4.69) is 30.7 Å². The summed E-state index contributed by atoms with van der Waals surface area (Å²) < 4.78 is 18.4. The number of aryl methyl sites for hydroxylation is 2. The van der Waals surface area contributed by atoms with Gasteiger partial charge in [-0.3, -0.25) is 0 Å². The number of hydrogen-bond acceptors (Lipinski definition) is 3. The molecule has 2 aromatic rings. The summed E-state index contributed by atoms with van der Waals surface area (Å²) in [6, 6.07) is 6.23. The molecule has 0 aliphatic carbocycles. The van der Waals surface area contributed by atoms with Crippen LogP contribution in [0.1, 0.15) is 35.6 Å². The topological polar surface area (TPSA) is 36.5 Å². The van der Waals surface area contributed by atoms with Gasteiger partial charge in [-0.15, -0.1) is 0 Å². The molecular formula is C16H23NO3. The number of methoxy groups -OCH3 is 2. The Labute approximate surface area is 120 Å². The Morgan fingerprint density at radius 2 is 1.90 bits per heavy atom. The van der Waals surface area contributed by atoms with Crippen molar-refractivity contribution >= 4 is 0 Å². The molecule has 0 saturated heterocycles. The van der Waals surface area contributed by atoms with E-state index in [1.165, 1.54) is 11.3 Å². The molecule has 110 valence electrons. The zero-order valence-corrected chi connectivity index (χ0v) is 12.8. The summed E-state index contributed by atoms with van der Waals surface area (Å²) in [4.78, 5) is 0. The third-order valence-corrected chi connectivity index (χ3v) is 3.69. The summed E-state index contributed by atoms with van der Waals surface area (Å²) in [5, 5.41) is 0. The predicted molar refractivity (Wildman–Crippen MR) is 77.9 cm³/mol. The lowest BCUT2D eigenvalue weighted by Crippen LogP contribution is -2.20. The molecular weight excluding hydrogens is 254 g/mol. The van der Waals surface area contributed by atoms with E-state index in [1.54, 1.807) is 14.2 Å². The fourth-order valence-electron chi connectivity index (χ4n) is 2.33. The summed E-state index contributed by atoms with van der Waals surface area (Å²) in [6.07, 6.45) is 1.92. The molecule has 0 amide bonds. The van der Waals surface area contributed by atoms with Gasteiger partial charge in [0.25, 0.3) is 0 Å². The fraction of sp³-hybridized carbons (Fsp3) is 0.500. The van der Waals surface area contributed by atoms with E-state index in [4.69, 9.17) is 13.9 Å². The van der Waals surface area contributed by atoms with E-state index in [-0.39, 0.29) is 12.2 Å². The molecule has 4 nitrogen and oxygen atoms in total. The minimum absolute atomic E-state index is 0.227. The highest BCUT2D eigenvalue weighted by Crippen LogP contribution is 2.27. The maximum atomic E-state index is 5.71. The molecule has 2 aromatic heterocycles. The normalized spacial score (nSPS) is 13.1. The second kappa shape index (κ2) is 6.29. The highest BCUT2D eigenvalue weighted by atomic mass is 16.7. The Bertz CT molecular complexity index is 552. The average Bonchev–Trinajstić information content (AvgIpc) is 3.02. The van der Waals surface area contributed by atoms with Crippen LogP contribution in [0.5, 0.6) is 0 Å². The van der Waals surface area contributed by atoms with Crippen LogP contribution in [0.2, 0.25) is 0 Å². The lowest BCUT2D eigenvalue weighted by atomic mass is 10.0. The molecule has 0 bridgehead atoms. The number of aromatic nitrogens is 1. The summed E-state index contributed by atoms with van der Waals surface area (Å²) in [7, 11) is 3.31. The van der Waals surface area contributed by atoms with E-state index in [1.807, 2.05) is 19.1 Å². The van der Waals surface area contributed by atoms with E-state index in [0.717, 1.165) is 11.5 Å². The monoisotopic (exact) mass is 277 g/mol. The Morgan fingerprint density at radius 3 is 2.45 bits per heavy atom. The quantitative estimate of drug-likeness (QED) is 0.759. The first-order chi connectivity index (χ1) is 9.55. The maximum absolute atomic E-state index is 5.71. The first-order valence-electron chi connectivity index (χ1n) is 6.83. The molecule has 0 fully saturated rings. The first-order valence-corrected chi connectivity index (χ1v) is 6.83. The number of rotatable bonds is 6. The molecule has 1 unspecified atom stereocenters. The standard InChI is InChI=1S/C16H23NO3/c1-11-8-14(9-17(11)10-16(18-4)19-5)13(3)15-7-6-12(2)20-15/h6-9,13,16H,10H2,1-5H3. The molecule has 0 aliphatic rings. The lowest BCUT2D eigenvalue weighted by molar-refractivity contribution is -0.111. The molecule has 20 heavy (non-hydrogen) atoms. The van der Waals surface area contributed by atoms with Crippen LogP contribution in [0, 0.1) is 13.8 Å². The number of nitrogens with zero attached hydrogens (tertiary/aromatic N) is 1. The van der Waals surface area contributed by atoms with Crippen LogP contribution in [0.3, 0.4) is 0 Å². The van der Waals surface area contributed by atoms with Crippen molar-refractivity contribution in [3.8, 4) is 0 Å². The molecule has 0 saturated carbocycles. The largest absolute Gasteiger partial charge is 0.466 e. The second-order valence-electron chi connectivity index (χ2n) is 5.14. The summed E-state index contributed by atoms with van der Waals surface area (Å²) in [5.74, 6) is 2.18. The molecule has 4 heteroatoms. The zero-order valence-electron chi connectivity index (χ0n) is 12.8. The van der Waals surface area contributed by atoms with Gasteiger partial charge in [-0.1, -0.05) is 6.92 Å². The number of hydrogen-bond donors (Lipinski definition) is 0. The Balaban J connectivity index is 2.18. The van der Waals surface area contributed by atoms with Gasteiger partial charge in [-0.05, 0) is 37.6 Å². The van der Waals surface area contributed by atoms with Gasteiger partial charge >= 0.3 is 0 Å². The highest BCUT2D eigenvalue weighted by Gasteiger charge is 2.16. The third-order valence-electron chi connectivity index (χ3n) is 3.69. The Morgan fingerprint density at radius 1 is 1.20 bits per heavy atom. The van der Waals surface area contributed by atoms with Crippen LogP contribution >= 0.6 is 0 Å². The van der Waals surface area contributed by atoms with Crippen LogP contribution in [0.4, 0.5) is 0 Å². The van der Waals surface area contributed by atoms with Crippen LogP contribution in [0.25, 0.3) is 0 Å². The Kier molecular flexibility index (Phi) is 4.68. The zero-order chi connectivity index (χ0) is 14.7. The van der Waals surface area contributed by atoms with Crippen molar-refractivity contribution in [2.45, 2.75) is 39.5 Å². The molecule has 0 radical (unpaired) electrons. The molecule has 0 N–H and O–H groups in total. The SMILES string of the molecule is COC(Cn1cc(C(C)c2ccc(C)o2)cc1C)OC. The number of furan rings is 1. The summed E-state index contributed by atoms with van der Waals surface area (Å²) in [5.41, 5.74) is 2.43. The van der Waals surface area contributed by atoms with E-state index >= 15 is 0 Å². The van der Waals surface area contributed by atoms with Crippen molar-refractivity contribution in [1.82, 2.24) is 4.57 Å². The smallest absolute Gasteiger partial charge is 0.174 e. The average molecular weight is 277 g/mol. The van der Waals surface area contributed by atoms with Crippen molar-refractivity contribution in [3.05, 3.63) is 47.2 Å².